The molecule has 0 aliphatic heterocycles. The molecule has 0 saturated carbocycles. The van der Waals surface area contributed by atoms with E-state index >= 15 is 0 Å². The second kappa shape index (κ2) is 7.43. The van der Waals surface area contributed by atoms with Crippen LogP contribution in [0.1, 0.15) is 23.8 Å². The summed E-state index contributed by atoms with van der Waals surface area (Å²) in [6.07, 6.45) is 2.68. The Morgan fingerprint density at radius 1 is 1.33 bits per heavy atom. The summed E-state index contributed by atoms with van der Waals surface area (Å²) in [6.45, 7) is 2.97. The summed E-state index contributed by atoms with van der Waals surface area (Å²) in [6, 6.07) is 8.73. The smallest absolute Gasteiger partial charge is 0.274 e. The van der Waals surface area contributed by atoms with Crippen LogP contribution in [0.4, 0.5) is 11.4 Å². The van der Waals surface area contributed by atoms with E-state index in [1.807, 2.05) is 6.07 Å². The molecule has 0 unspecified atom stereocenters. The molecule has 2 rings (SSSR count). The topological polar surface area (TPSA) is 54.0 Å². The van der Waals surface area contributed by atoms with E-state index in [4.69, 9.17) is 11.6 Å². The van der Waals surface area contributed by atoms with Crippen LogP contribution >= 0.6 is 27.5 Å². The third-order valence-electron chi connectivity index (χ3n) is 2.75. The number of halogens is 2. The van der Waals surface area contributed by atoms with E-state index in [1.165, 1.54) is 0 Å². The molecular formula is C15H15BrClN3O. The number of hydrogen-bond acceptors (Lipinski definition) is 3. The van der Waals surface area contributed by atoms with Crippen LogP contribution in [0.2, 0.25) is 5.02 Å². The van der Waals surface area contributed by atoms with Crippen molar-refractivity contribution in [3.05, 3.63) is 51.7 Å². The van der Waals surface area contributed by atoms with E-state index in [-0.39, 0.29) is 5.91 Å². The summed E-state index contributed by atoms with van der Waals surface area (Å²) in [5, 5.41) is 6.54. The first-order chi connectivity index (χ1) is 10.1. The summed E-state index contributed by atoms with van der Waals surface area (Å²) in [7, 11) is 0. The minimum atomic E-state index is -0.278. The number of carbonyl (C=O) groups is 1. The standard InChI is InChI=1S/C15H15BrClN3O/c1-2-7-18-11-4-6-13(19-9-11)15(21)20-14-8-10(17)3-5-12(14)16/h3-6,8-9,18H,2,7H2,1H3,(H,20,21). The molecule has 0 aliphatic carbocycles. The number of pyridine rings is 1. The highest BCUT2D eigenvalue weighted by Gasteiger charge is 2.10. The quantitative estimate of drug-likeness (QED) is 0.812. The van der Waals surface area contributed by atoms with Gasteiger partial charge in [-0.3, -0.25) is 4.79 Å². The molecule has 1 heterocycles. The van der Waals surface area contributed by atoms with E-state index in [1.54, 1.807) is 30.5 Å². The zero-order chi connectivity index (χ0) is 15.2. The minimum absolute atomic E-state index is 0.278. The number of aromatic nitrogens is 1. The molecule has 110 valence electrons. The Morgan fingerprint density at radius 3 is 2.81 bits per heavy atom. The Labute approximate surface area is 137 Å². The molecule has 0 aliphatic rings. The fourth-order valence-electron chi connectivity index (χ4n) is 1.68. The lowest BCUT2D eigenvalue weighted by atomic mass is 10.2. The lowest BCUT2D eigenvalue weighted by Gasteiger charge is -2.08. The summed E-state index contributed by atoms with van der Waals surface area (Å²) >= 11 is 9.29. The first-order valence-electron chi connectivity index (χ1n) is 6.56. The number of rotatable bonds is 5. The van der Waals surface area contributed by atoms with E-state index in [2.05, 4.69) is 38.5 Å². The lowest BCUT2D eigenvalue weighted by molar-refractivity contribution is 0.102. The molecule has 0 fully saturated rings. The average molecular weight is 369 g/mol. The van der Waals surface area contributed by atoms with Gasteiger partial charge in [0.2, 0.25) is 0 Å². The van der Waals surface area contributed by atoms with Gasteiger partial charge in [-0.05, 0) is 52.7 Å². The predicted octanol–water partition coefficient (Wildman–Crippen LogP) is 4.57. The van der Waals surface area contributed by atoms with Crippen LogP contribution < -0.4 is 10.6 Å². The predicted molar refractivity (Wildman–Crippen MR) is 90.1 cm³/mol. The van der Waals surface area contributed by atoms with Gasteiger partial charge in [0.15, 0.2) is 0 Å². The van der Waals surface area contributed by atoms with Crippen LogP contribution in [0, 0.1) is 0 Å². The van der Waals surface area contributed by atoms with Crippen molar-refractivity contribution >= 4 is 44.8 Å². The van der Waals surface area contributed by atoms with Crippen LogP contribution in [0.25, 0.3) is 0 Å². The van der Waals surface area contributed by atoms with Gasteiger partial charge in [-0.2, -0.15) is 0 Å². The minimum Gasteiger partial charge on any atom is -0.384 e. The molecule has 21 heavy (non-hydrogen) atoms. The first kappa shape index (κ1) is 15.8. The summed E-state index contributed by atoms with van der Waals surface area (Å²) in [4.78, 5) is 16.3. The number of amides is 1. The Balaban J connectivity index is 2.07. The van der Waals surface area contributed by atoms with Crippen molar-refractivity contribution in [2.24, 2.45) is 0 Å². The zero-order valence-corrected chi connectivity index (χ0v) is 13.8. The van der Waals surface area contributed by atoms with Gasteiger partial charge in [-0.15, -0.1) is 0 Å². The van der Waals surface area contributed by atoms with Gasteiger partial charge in [0.05, 0.1) is 17.6 Å². The molecule has 1 aromatic heterocycles. The summed E-state index contributed by atoms with van der Waals surface area (Å²) < 4.78 is 0.765. The lowest BCUT2D eigenvalue weighted by Crippen LogP contribution is -2.14. The number of nitrogens with zero attached hydrogens (tertiary/aromatic N) is 1. The Bertz CT molecular complexity index is 631. The molecule has 0 radical (unpaired) electrons. The molecule has 2 N–H and O–H groups in total. The van der Waals surface area contributed by atoms with E-state index in [0.29, 0.717) is 16.4 Å². The highest BCUT2D eigenvalue weighted by atomic mass is 79.9. The van der Waals surface area contributed by atoms with Crippen molar-refractivity contribution in [2.75, 3.05) is 17.2 Å². The van der Waals surface area contributed by atoms with Crippen molar-refractivity contribution in [3.63, 3.8) is 0 Å². The Hall–Kier alpha value is -1.59. The monoisotopic (exact) mass is 367 g/mol. The third-order valence-corrected chi connectivity index (χ3v) is 3.68. The van der Waals surface area contributed by atoms with Gasteiger partial charge in [0.1, 0.15) is 5.69 Å². The number of hydrogen-bond donors (Lipinski definition) is 2. The van der Waals surface area contributed by atoms with E-state index in [0.717, 1.165) is 23.1 Å². The van der Waals surface area contributed by atoms with Gasteiger partial charge in [-0.25, -0.2) is 4.98 Å². The summed E-state index contributed by atoms with van der Waals surface area (Å²) in [5.41, 5.74) is 1.86. The Morgan fingerprint density at radius 2 is 2.14 bits per heavy atom. The highest BCUT2D eigenvalue weighted by Crippen LogP contribution is 2.26. The van der Waals surface area contributed by atoms with Crippen LogP contribution in [0.15, 0.2) is 41.0 Å². The number of nitrogens with one attached hydrogen (secondary N) is 2. The van der Waals surface area contributed by atoms with Crippen molar-refractivity contribution < 1.29 is 4.79 Å². The van der Waals surface area contributed by atoms with E-state index in [9.17, 15) is 4.79 Å². The van der Waals surface area contributed by atoms with Crippen LogP contribution in [-0.4, -0.2) is 17.4 Å². The number of benzene rings is 1. The SMILES string of the molecule is CCCNc1ccc(C(=O)Nc2cc(Cl)ccc2Br)nc1. The third kappa shape index (κ3) is 4.44. The van der Waals surface area contributed by atoms with Crippen molar-refractivity contribution in [1.29, 1.82) is 0 Å². The maximum atomic E-state index is 12.1. The van der Waals surface area contributed by atoms with Crippen molar-refractivity contribution in [3.8, 4) is 0 Å². The molecule has 2 aromatic rings. The fourth-order valence-corrected chi connectivity index (χ4v) is 2.20. The largest absolute Gasteiger partial charge is 0.384 e. The van der Waals surface area contributed by atoms with Crippen LogP contribution in [0.3, 0.4) is 0 Å². The van der Waals surface area contributed by atoms with E-state index < -0.39 is 0 Å². The molecule has 1 amide bonds. The average Bonchev–Trinajstić information content (AvgIpc) is 2.49. The van der Waals surface area contributed by atoms with Crippen molar-refractivity contribution in [2.45, 2.75) is 13.3 Å². The molecule has 6 heteroatoms. The van der Waals surface area contributed by atoms with Crippen molar-refractivity contribution in [1.82, 2.24) is 4.98 Å². The normalized spacial score (nSPS) is 10.2. The number of anilines is 2. The van der Waals surface area contributed by atoms with Crippen LogP contribution in [-0.2, 0) is 0 Å². The molecule has 1 aromatic carbocycles. The van der Waals surface area contributed by atoms with Gasteiger partial charge < -0.3 is 10.6 Å². The second-order valence-corrected chi connectivity index (χ2v) is 5.73. The van der Waals surface area contributed by atoms with Gasteiger partial charge in [0, 0.05) is 16.0 Å². The Kier molecular flexibility index (Phi) is 5.59. The summed E-state index contributed by atoms with van der Waals surface area (Å²) in [5.74, 6) is -0.278. The second-order valence-electron chi connectivity index (χ2n) is 4.44. The van der Waals surface area contributed by atoms with Crippen LogP contribution in [0.5, 0.6) is 0 Å². The van der Waals surface area contributed by atoms with Gasteiger partial charge in [0.25, 0.3) is 5.91 Å². The molecule has 0 saturated heterocycles. The molecule has 0 bridgehead atoms. The maximum absolute atomic E-state index is 12.1. The van der Waals surface area contributed by atoms with Gasteiger partial charge >= 0.3 is 0 Å². The first-order valence-corrected chi connectivity index (χ1v) is 7.73. The molecule has 0 spiro atoms. The maximum Gasteiger partial charge on any atom is 0.274 e. The molecule has 0 atom stereocenters. The highest BCUT2D eigenvalue weighted by molar-refractivity contribution is 9.10. The zero-order valence-electron chi connectivity index (χ0n) is 11.5. The molecule has 4 nitrogen and oxygen atoms in total. The fraction of sp³-hybridized carbons (Fsp3) is 0.200. The molecular weight excluding hydrogens is 354 g/mol. The number of carbonyl (C=O) groups excluding carboxylic acids is 1. The van der Waals surface area contributed by atoms with Gasteiger partial charge in [-0.1, -0.05) is 18.5 Å².